The van der Waals surface area contributed by atoms with Gasteiger partial charge in [-0.1, -0.05) is 76.0 Å². The van der Waals surface area contributed by atoms with Crippen molar-refractivity contribution in [3.63, 3.8) is 0 Å². The number of nitrogens with one attached hydrogen (secondary N) is 2. The van der Waals surface area contributed by atoms with Gasteiger partial charge in [0.25, 0.3) is 0 Å². The summed E-state index contributed by atoms with van der Waals surface area (Å²) in [5.41, 5.74) is 10.4. The van der Waals surface area contributed by atoms with Crippen LogP contribution in [-0.4, -0.2) is 70.0 Å². The molecule has 0 saturated carbocycles. The van der Waals surface area contributed by atoms with Crippen molar-refractivity contribution in [3.05, 3.63) is 69.8 Å². The van der Waals surface area contributed by atoms with Gasteiger partial charge in [-0.05, 0) is 79.7 Å². The Kier molecular flexibility index (Phi) is 15.5. The van der Waals surface area contributed by atoms with E-state index in [0.29, 0.717) is 36.6 Å². The minimum Gasteiger partial charge on any atom is -0.492 e. The van der Waals surface area contributed by atoms with E-state index in [2.05, 4.69) is 15.6 Å². The van der Waals surface area contributed by atoms with E-state index in [-0.39, 0.29) is 55.0 Å². The molecule has 2 aromatic carbocycles. The third-order valence-electron chi connectivity index (χ3n) is 9.83. The van der Waals surface area contributed by atoms with E-state index < -0.39 is 23.6 Å². The summed E-state index contributed by atoms with van der Waals surface area (Å²) in [6.45, 7) is 11.9. The number of thiazole rings is 1. The number of halogens is 1. The molecule has 1 saturated heterocycles. The van der Waals surface area contributed by atoms with Crippen LogP contribution in [0.5, 0.6) is 5.75 Å². The number of ether oxygens (including phenoxy) is 1. The van der Waals surface area contributed by atoms with Crippen molar-refractivity contribution in [1.82, 2.24) is 20.5 Å². The number of β-amino-alcohol motifs (C(OH)–C–C–N with tert-alkyl or cyclic N) is 1. The fraction of sp³-hybridized carbons (Fsp3) is 0.537. The number of unbranched alkanes of at least 4 members (excludes halogenated alkanes) is 2. The second kappa shape index (κ2) is 19.5. The van der Waals surface area contributed by atoms with Gasteiger partial charge in [0.05, 0.1) is 39.9 Å². The maximum absolute atomic E-state index is 14.0. The van der Waals surface area contributed by atoms with Crippen LogP contribution in [0.15, 0.2) is 48.0 Å². The highest BCUT2D eigenvalue weighted by Gasteiger charge is 2.44. The number of rotatable bonds is 18. The molecule has 11 nitrogen and oxygen atoms in total. The number of primary amides is 1. The fourth-order valence-corrected chi connectivity index (χ4v) is 7.54. The van der Waals surface area contributed by atoms with Gasteiger partial charge in [0.1, 0.15) is 17.8 Å². The molecule has 0 radical (unpaired) electrons. The zero-order valence-electron chi connectivity index (χ0n) is 32.3. The quantitative estimate of drug-likeness (QED) is 0.107. The number of likely N-dealkylation sites (tertiary alicyclic amines) is 1. The van der Waals surface area contributed by atoms with E-state index in [4.69, 9.17) is 22.1 Å². The largest absolute Gasteiger partial charge is 0.492 e. The highest BCUT2D eigenvalue weighted by molar-refractivity contribution is 7.13. The monoisotopic (exact) mass is 781 g/mol. The second-order valence-electron chi connectivity index (χ2n) is 15.6. The molecule has 1 aliphatic rings. The van der Waals surface area contributed by atoms with Crippen LogP contribution in [0.2, 0.25) is 5.02 Å². The maximum atomic E-state index is 14.0. The molecule has 1 aromatic heterocycles. The third kappa shape index (κ3) is 12.3. The first-order valence-electron chi connectivity index (χ1n) is 18.8. The SMILES string of the molecule is Cc1ncsc1-c1ccc([C@H](C)NC(=O)[C@@H]2C[C@@H](O)CN2C(=O)[C@@H](NC(=O)CCCCCc2ccc(Cl)c(OC[C@@H](C)CCC(N)=O)c2)C(C)(C)C)cc1. The van der Waals surface area contributed by atoms with Gasteiger partial charge in [-0.15, -0.1) is 11.3 Å². The molecular formula is C41H56ClN5O6S. The number of aromatic nitrogens is 1. The highest BCUT2D eigenvalue weighted by atomic mass is 35.5. The van der Waals surface area contributed by atoms with Gasteiger partial charge in [0.2, 0.25) is 23.6 Å². The molecule has 1 aliphatic heterocycles. The first kappa shape index (κ1) is 42.7. The Labute approximate surface area is 328 Å². The average molecular weight is 782 g/mol. The van der Waals surface area contributed by atoms with Crippen LogP contribution in [0.3, 0.4) is 0 Å². The Balaban J connectivity index is 1.27. The molecule has 4 rings (SSSR count). The number of hydrogen-bond acceptors (Lipinski definition) is 8. The lowest BCUT2D eigenvalue weighted by atomic mass is 9.85. The van der Waals surface area contributed by atoms with E-state index in [1.807, 2.05) is 89.5 Å². The lowest BCUT2D eigenvalue weighted by Crippen LogP contribution is -2.57. The molecule has 1 fully saturated rings. The minimum absolute atomic E-state index is 0.0163. The molecule has 0 spiro atoms. The number of hydrogen-bond donors (Lipinski definition) is 4. The van der Waals surface area contributed by atoms with Crippen LogP contribution in [0.1, 0.15) is 102 Å². The Morgan fingerprint density at radius 1 is 1.06 bits per heavy atom. The number of benzene rings is 2. The van der Waals surface area contributed by atoms with Crippen LogP contribution < -0.4 is 21.1 Å². The molecule has 54 heavy (non-hydrogen) atoms. The summed E-state index contributed by atoms with van der Waals surface area (Å²) in [5.74, 6) is -0.531. The summed E-state index contributed by atoms with van der Waals surface area (Å²) in [6, 6.07) is 11.6. The van der Waals surface area contributed by atoms with E-state index in [1.165, 1.54) is 4.90 Å². The predicted molar refractivity (Wildman–Crippen MR) is 213 cm³/mol. The number of amides is 4. The number of nitrogens with zero attached hydrogens (tertiary/aromatic N) is 2. The molecule has 13 heteroatoms. The molecule has 3 aromatic rings. The van der Waals surface area contributed by atoms with Crippen molar-refractivity contribution in [2.45, 2.75) is 117 Å². The molecular weight excluding hydrogens is 726 g/mol. The van der Waals surface area contributed by atoms with Gasteiger partial charge in [-0.2, -0.15) is 0 Å². The Morgan fingerprint density at radius 2 is 1.78 bits per heavy atom. The summed E-state index contributed by atoms with van der Waals surface area (Å²) in [6.07, 6.45) is 3.57. The summed E-state index contributed by atoms with van der Waals surface area (Å²) in [4.78, 5) is 58.7. The summed E-state index contributed by atoms with van der Waals surface area (Å²) >= 11 is 7.93. The molecule has 294 valence electrons. The van der Waals surface area contributed by atoms with Gasteiger partial charge in [0, 0.05) is 25.8 Å². The van der Waals surface area contributed by atoms with Crippen molar-refractivity contribution < 1.29 is 29.0 Å². The van der Waals surface area contributed by atoms with Crippen LogP contribution >= 0.6 is 22.9 Å². The van der Waals surface area contributed by atoms with Gasteiger partial charge in [-0.3, -0.25) is 19.2 Å². The second-order valence-corrected chi connectivity index (χ2v) is 16.9. The normalized spacial score (nSPS) is 17.4. The van der Waals surface area contributed by atoms with Crippen molar-refractivity contribution in [1.29, 1.82) is 0 Å². The maximum Gasteiger partial charge on any atom is 0.246 e. The van der Waals surface area contributed by atoms with Crippen molar-refractivity contribution in [2.75, 3.05) is 13.2 Å². The predicted octanol–water partition coefficient (Wildman–Crippen LogP) is 6.53. The summed E-state index contributed by atoms with van der Waals surface area (Å²) in [5, 5.41) is 17.1. The lowest BCUT2D eigenvalue weighted by molar-refractivity contribution is -0.144. The number of carbonyl (C=O) groups is 4. The first-order chi connectivity index (χ1) is 25.5. The highest BCUT2D eigenvalue weighted by Crippen LogP contribution is 2.30. The fourth-order valence-electron chi connectivity index (χ4n) is 6.56. The standard InChI is InChI=1S/C41H56ClN5O6S/c1-25(12-19-35(43)49)23-53-34-20-28(13-18-32(34)42)10-8-7-9-11-36(50)46-38(41(4,5)6)40(52)47-22-31(48)21-33(47)39(51)45-26(2)29-14-16-30(17-15-29)37-27(3)44-24-54-37/h13-18,20,24-26,31,33,38,48H,7-12,19,21-23H2,1-6H3,(H2,43,49)(H,45,51)(H,46,50)/t25-,26-,31+,33-,38+/m0/s1. The molecule has 2 heterocycles. The van der Waals surface area contributed by atoms with Gasteiger partial charge < -0.3 is 31.1 Å². The number of aliphatic hydroxyl groups is 1. The Morgan fingerprint density at radius 3 is 2.43 bits per heavy atom. The molecule has 0 bridgehead atoms. The lowest BCUT2D eigenvalue weighted by Gasteiger charge is -2.35. The van der Waals surface area contributed by atoms with Gasteiger partial charge in [0.15, 0.2) is 0 Å². The van der Waals surface area contributed by atoms with Crippen LogP contribution in [0.4, 0.5) is 0 Å². The number of carbonyl (C=O) groups excluding carboxylic acids is 4. The molecule has 0 unspecified atom stereocenters. The number of nitrogens with two attached hydrogens (primary N) is 1. The average Bonchev–Trinajstić information content (AvgIpc) is 3.74. The third-order valence-corrected chi connectivity index (χ3v) is 11.1. The van der Waals surface area contributed by atoms with E-state index in [9.17, 15) is 24.3 Å². The molecule has 0 aliphatic carbocycles. The van der Waals surface area contributed by atoms with Crippen LogP contribution in [0, 0.1) is 18.3 Å². The topological polar surface area (TPSA) is 164 Å². The van der Waals surface area contributed by atoms with E-state index in [0.717, 1.165) is 46.5 Å². The van der Waals surface area contributed by atoms with Crippen LogP contribution in [0.25, 0.3) is 10.4 Å². The summed E-state index contributed by atoms with van der Waals surface area (Å²) in [7, 11) is 0. The van der Waals surface area contributed by atoms with Gasteiger partial charge in [-0.25, -0.2) is 4.98 Å². The van der Waals surface area contributed by atoms with E-state index in [1.54, 1.807) is 11.3 Å². The molecule has 5 N–H and O–H groups in total. The minimum atomic E-state index is -0.878. The molecule has 5 atom stereocenters. The van der Waals surface area contributed by atoms with Crippen molar-refractivity contribution in [2.24, 2.45) is 17.1 Å². The summed E-state index contributed by atoms with van der Waals surface area (Å²) < 4.78 is 5.92. The smallest absolute Gasteiger partial charge is 0.246 e. The van der Waals surface area contributed by atoms with Gasteiger partial charge >= 0.3 is 0 Å². The molecule has 4 amide bonds. The number of aryl methyl sites for hydroxylation is 2. The van der Waals surface area contributed by atoms with Crippen LogP contribution in [-0.2, 0) is 25.6 Å². The van der Waals surface area contributed by atoms with Crippen molar-refractivity contribution >= 4 is 46.6 Å². The first-order valence-corrected chi connectivity index (χ1v) is 20.1. The Hall–Kier alpha value is -4.00. The zero-order chi connectivity index (χ0) is 39.6. The number of aliphatic hydroxyl groups excluding tert-OH is 1. The zero-order valence-corrected chi connectivity index (χ0v) is 33.9. The van der Waals surface area contributed by atoms with E-state index >= 15 is 0 Å². The Bertz CT molecular complexity index is 1740. The van der Waals surface area contributed by atoms with Crippen molar-refractivity contribution in [3.8, 4) is 16.2 Å².